The molecular weight excluding hydrogens is 309 g/mol. The van der Waals surface area contributed by atoms with E-state index in [1.165, 1.54) is 12.1 Å². The van der Waals surface area contributed by atoms with Gasteiger partial charge in [0.05, 0.1) is 5.41 Å². The van der Waals surface area contributed by atoms with E-state index in [9.17, 15) is 14.3 Å². The normalized spacial score (nSPS) is 17.5. The minimum absolute atomic E-state index is 0.0146. The average Bonchev–Trinajstić information content (AvgIpc) is 2.59. The Balaban J connectivity index is 2.02. The minimum Gasteiger partial charge on any atom is -0.396 e. The van der Waals surface area contributed by atoms with E-state index in [1.54, 1.807) is 12.1 Å². The number of aliphatic hydroxyl groups is 1. The van der Waals surface area contributed by atoms with Crippen molar-refractivity contribution in [2.75, 3.05) is 26.4 Å². The van der Waals surface area contributed by atoms with Crippen molar-refractivity contribution in [1.82, 2.24) is 5.32 Å². The van der Waals surface area contributed by atoms with E-state index in [4.69, 9.17) is 4.74 Å². The van der Waals surface area contributed by atoms with Gasteiger partial charge in [0.1, 0.15) is 5.82 Å². The van der Waals surface area contributed by atoms with E-state index in [1.807, 2.05) is 13.8 Å². The number of benzene rings is 1. The van der Waals surface area contributed by atoms with Gasteiger partial charge in [-0.15, -0.1) is 0 Å². The smallest absolute Gasteiger partial charge is 0.230 e. The Labute approximate surface area is 143 Å². The molecule has 2 rings (SSSR count). The Morgan fingerprint density at radius 2 is 1.92 bits per heavy atom. The highest BCUT2D eigenvalue weighted by Gasteiger charge is 2.41. The molecule has 0 aliphatic carbocycles. The maximum atomic E-state index is 13.2. The first-order valence-electron chi connectivity index (χ1n) is 8.63. The zero-order valence-corrected chi connectivity index (χ0v) is 14.6. The van der Waals surface area contributed by atoms with Crippen molar-refractivity contribution < 1.29 is 19.0 Å². The predicted molar refractivity (Wildman–Crippen MR) is 91.2 cm³/mol. The summed E-state index contributed by atoms with van der Waals surface area (Å²) in [6.45, 7) is 5.79. The van der Waals surface area contributed by atoms with E-state index in [0.29, 0.717) is 32.6 Å². The number of carbonyl (C=O) groups is 1. The molecule has 1 fully saturated rings. The Morgan fingerprint density at radius 3 is 2.50 bits per heavy atom. The summed E-state index contributed by atoms with van der Waals surface area (Å²) < 4.78 is 18.7. The summed E-state index contributed by atoms with van der Waals surface area (Å²) in [6.07, 6.45) is 2.87. The molecule has 24 heavy (non-hydrogen) atoms. The van der Waals surface area contributed by atoms with E-state index < -0.39 is 5.41 Å². The van der Waals surface area contributed by atoms with Crippen LogP contribution >= 0.6 is 0 Å². The lowest BCUT2D eigenvalue weighted by molar-refractivity contribution is -0.130. The third kappa shape index (κ3) is 4.54. The molecule has 134 valence electrons. The van der Waals surface area contributed by atoms with Crippen molar-refractivity contribution in [1.29, 1.82) is 0 Å². The monoisotopic (exact) mass is 337 g/mol. The van der Waals surface area contributed by atoms with Gasteiger partial charge >= 0.3 is 0 Å². The number of halogens is 1. The fourth-order valence-corrected chi connectivity index (χ4v) is 3.15. The fraction of sp³-hybridized carbons (Fsp3) is 0.632. The molecule has 0 bridgehead atoms. The minimum atomic E-state index is -0.640. The van der Waals surface area contributed by atoms with Gasteiger partial charge in [0.15, 0.2) is 0 Å². The molecular formula is C19H28FNO3. The molecule has 1 aromatic rings. The van der Waals surface area contributed by atoms with Crippen molar-refractivity contribution in [2.45, 2.75) is 44.9 Å². The first kappa shape index (κ1) is 18.9. The number of aliphatic hydroxyl groups excluding tert-OH is 1. The standard InChI is InChI=1S/C19H28FNO3/c1-18(2,14-22)8-3-11-21-17(23)19(9-12-24-13-10-19)15-4-6-16(20)7-5-15/h4-7,22H,3,8-14H2,1-2H3,(H,21,23). The summed E-state index contributed by atoms with van der Waals surface area (Å²) in [7, 11) is 0. The molecule has 5 heteroatoms. The van der Waals surface area contributed by atoms with Gasteiger partial charge in [-0.25, -0.2) is 4.39 Å². The van der Waals surface area contributed by atoms with Crippen LogP contribution in [0.3, 0.4) is 0 Å². The number of rotatable bonds is 7. The molecule has 1 aliphatic rings. The second-order valence-electron chi connectivity index (χ2n) is 7.38. The van der Waals surface area contributed by atoms with Crippen LogP contribution in [0.5, 0.6) is 0 Å². The lowest BCUT2D eigenvalue weighted by Crippen LogP contribution is -2.48. The molecule has 0 saturated carbocycles. The van der Waals surface area contributed by atoms with E-state index in [2.05, 4.69) is 5.32 Å². The summed E-state index contributed by atoms with van der Waals surface area (Å²) in [5, 5.41) is 12.3. The van der Waals surface area contributed by atoms with Crippen LogP contribution in [0, 0.1) is 11.2 Å². The van der Waals surface area contributed by atoms with Gasteiger partial charge in [0.2, 0.25) is 5.91 Å². The molecule has 1 amide bonds. The van der Waals surface area contributed by atoms with Gasteiger partial charge in [0.25, 0.3) is 0 Å². The van der Waals surface area contributed by atoms with Gasteiger partial charge in [0, 0.05) is 26.4 Å². The molecule has 0 unspecified atom stereocenters. The fourth-order valence-electron chi connectivity index (χ4n) is 3.15. The summed E-state index contributed by atoms with van der Waals surface area (Å²) in [4.78, 5) is 12.9. The lowest BCUT2D eigenvalue weighted by atomic mass is 9.73. The van der Waals surface area contributed by atoms with Crippen LogP contribution in [0.1, 0.15) is 45.1 Å². The molecule has 1 aromatic carbocycles. The molecule has 1 heterocycles. The lowest BCUT2D eigenvalue weighted by Gasteiger charge is -2.36. The topological polar surface area (TPSA) is 58.6 Å². The largest absolute Gasteiger partial charge is 0.396 e. The van der Waals surface area contributed by atoms with Crippen molar-refractivity contribution in [3.8, 4) is 0 Å². The number of carbonyl (C=O) groups excluding carboxylic acids is 1. The molecule has 0 radical (unpaired) electrons. The zero-order valence-electron chi connectivity index (χ0n) is 14.6. The van der Waals surface area contributed by atoms with Gasteiger partial charge in [-0.1, -0.05) is 26.0 Å². The number of nitrogens with one attached hydrogen (secondary N) is 1. The number of amides is 1. The molecule has 0 spiro atoms. The van der Waals surface area contributed by atoms with Gasteiger partial charge in [-0.05, 0) is 48.8 Å². The quantitative estimate of drug-likeness (QED) is 0.752. The van der Waals surface area contributed by atoms with E-state index >= 15 is 0 Å². The number of hydrogen-bond acceptors (Lipinski definition) is 3. The van der Waals surface area contributed by atoms with E-state index in [-0.39, 0.29) is 23.7 Å². The SMILES string of the molecule is CC(C)(CO)CCCNC(=O)C1(c2ccc(F)cc2)CCOCC1. The first-order chi connectivity index (χ1) is 11.4. The number of ether oxygens (including phenoxy) is 1. The van der Waals surface area contributed by atoms with Crippen LogP contribution < -0.4 is 5.32 Å². The van der Waals surface area contributed by atoms with Crippen molar-refractivity contribution in [2.24, 2.45) is 5.41 Å². The van der Waals surface area contributed by atoms with Gasteiger partial charge < -0.3 is 15.2 Å². The average molecular weight is 337 g/mol. The molecule has 0 aromatic heterocycles. The predicted octanol–water partition coefficient (Wildman–Crippen LogP) is 2.79. The number of hydrogen-bond donors (Lipinski definition) is 2. The highest BCUT2D eigenvalue weighted by atomic mass is 19.1. The summed E-state index contributed by atoms with van der Waals surface area (Å²) in [5.74, 6) is -0.313. The second kappa shape index (κ2) is 8.08. The van der Waals surface area contributed by atoms with E-state index in [0.717, 1.165) is 18.4 Å². The highest BCUT2D eigenvalue weighted by Crippen LogP contribution is 2.35. The Bertz CT molecular complexity index is 536. The Kier molecular flexibility index (Phi) is 6.35. The third-order valence-corrected chi connectivity index (χ3v) is 4.92. The molecule has 2 N–H and O–H groups in total. The Morgan fingerprint density at radius 1 is 1.29 bits per heavy atom. The van der Waals surface area contributed by atoms with Crippen LogP contribution in [0.4, 0.5) is 4.39 Å². The van der Waals surface area contributed by atoms with Crippen LogP contribution in [0.25, 0.3) is 0 Å². The first-order valence-corrected chi connectivity index (χ1v) is 8.63. The van der Waals surface area contributed by atoms with Crippen LogP contribution in [-0.4, -0.2) is 37.4 Å². The highest BCUT2D eigenvalue weighted by molar-refractivity contribution is 5.88. The maximum Gasteiger partial charge on any atom is 0.230 e. The summed E-state index contributed by atoms with van der Waals surface area (Å²) >= 11 is 0. The van der Waals surface area contributed by atoms with Crippen LogP contribution in [0.15, 0.2) is 24.3 Å². The van der Waals surface area contributed by atoms with Gasteiger partial charge in [-0.3, -0.25) is 4.79 Å². The van der Waals surface area contributed by atoms with Crippen molar-refractivity contribution in [3.05, 3.63) is 35.6 Å². The zero-order chi connectivity index (χ0) is 17.6. The molecule has 0 atom stereocenters. The third-order valence-electron chi connectivity index (χ3n) is 4.92. The summed E-state index contributed by atoms with van der Waals surface area (Å²) in [6, 6.07) is 6.22. The maximum absolute atomic E-state index is 13.2. The second-order valence-corrected chi connectivity index (χ2v) is 7.38. The van der Waals surface area contributed by atoms with Crippen molar-refractivity contribution in [3.63, 3.8) is 0 Å². The molecule has 1 aliphatic heterocycles. The molecule has 4 nitrogen and oxygen atoms in total. The van der Waals surface area contributed by atoms with Crippen molar-refractivity contribution >= 4 is 5.91 Å². The molecule has 1 saturated heterocycles. The Hall–Kier alpha value is -1.46. The summed E-state index contributed by atoms with van der Waals surface area (Å²) in [5.41, 5.74) is 0.0802. The van der Waals surface area contributed by atoms with Crippen LogP contribution in [-0.2, 0) is 14.9 Å². The van der Waals surface area contributed by atoms with Crippen LogP contribution in [0.2, 0.25) is 0 Å². The van der Waals surface area contributed by atoms with Gasteiger partial charge in [-0.2, -0.15) is 0 Å².